The Kier molecular flexibility index (Phi) is 4.05. The lowest BCUT2D eigenvalue weighted by molar-refractivity contribution is 0.300. The first-order valence-electron chi connectivity index (χ1n) is 7.64. The molecule has 1 N–H and O–H groups in total. The van der Waals surface area contributed by atoms with Crippen molar-refractivity contribution < 1.29 is 0 Å². The summed E-state index contributed by atoms with van der Waals surface area (Å²) in [6.45, 7) is 3.45. The van der Waals surface area contributed by atoms with Gasteiger partial charge in [-0.15, -0.1) is 0 Å². The molecule has 3 heteroatoms. The molecule has 0 spiro atoms. The third kappa shape index (κ3) is 3.03. The quantitative estimate of drug-likeness (QED) is 0.905. The van der Waals surface area contributed by atoms with Gasteiger partial charge in [0.15, 0.2) is 0 Å². The average Bonchev–Trinajstić information content (AvgIpc) is 3.01. The second kappa shape index (κ2) is 6.12. The van der Waals surface area contributed by atoms with Crippen LogP contribution in [0.1, 0.15) is 32.6 Å². The van der Waals surface area contributed by atoms with Crippen molar-refractivity contribution >= 4 is 5.69 Å². The number of anilines is 1. The minimum Gasteiger partial charge on any atom is -0.383 e. The molecule has 1 aliphatic carbocycles. The van der Waals surface area contributed by atoms with Crippen molar-refractivity contribution in [2.24, 2.45) is 11.8 Å². The highest BCUT2D eigenvalue weighted by molar-refractivity contribution is 5.60. The zero-order chi connectivity index (χ0) is 13.8. The van der Waals surface area contributed by atoms with Crippen LogP contribution in [-0.2, 0) is 0 Å². The molecule has 3 rings (SSSR count). The van der Waals surface area contributed by atoms with Crippen molar-refractivity contribution in [3.8, 4) is 5.69 Å². The molecule has 0 bridgehead atoms. The molecular weight excluding hydrogens is 246 g/mol. The summed E-state index contributed by atoms with van der Waals surface area (Å²) in [6.07, 6.45) is 11.2. The van der Waals surface area contributed by atoms with Gasteiger partial charge in [-0.05, 0) is 36.8 Å². The van der Waals surface area contributed by atoms with Gasteiger partial charge in [-0.2, -0.15) is 0 Å². The maximum absolute atomic E-state index is 4.13. The molecule has 3 nitrogen and oxygen atoms in total. The molecular formula is C17H23N3. The van der Waals surface area contributed by atoms with Gasteiger partial charge < -0.3 is 9.88 Å². The molecule has 1 aliphatic rings. The second-order valence-corrected chi connectivity index (χ2v) is 5.99. The first-order chi connectivity index (χ1) is 9.83. The molecule has 0 saturated heterocycles. The minimum absolute atomic E-state index is 0.821. The SMILES string of the molecule is CC1CCC(CNc2ccccc2-n2ccnc2)CC1. The zero-order valence-electron chi connectivity index (χ0n) is 12.1. The fraction of sp³-hybridized carbons (Fsp3) is 0.471. The average molecular weight is 269 g/mol. The van der Waals surface area contributed by atoms with Crippen LogP contribution in [-0.4, -0.2) is 16.1 Å². The lowest BCUT2D eigenvalue weighted by atomic mass is 9.83. The van der Waals surface area contributed by atoms with E-state index in [1.54, 1.807) is 0 Å². The molecule has 1 saturated carbocycles. The molecule has 1 aromatic carbocycles. The summed E-state index contributed by atoms with van der Waals surface area (Å²) in [4.78, 5) is 4.13. The van der Waals surface area contributed by atoms with Gasteiger partial charge in [0.2, 0.25) is 0 Å². The molecule has 20 heavy (non-hydrogen) atoms. The Hall–Kier alpha value is -1.77. The minimum atomic E-state index is 0.821. The highest BCUT2D eigenvalue weighted by Gasteiger charge is 2.18. The van der Waals surface area contributed by atoms with Crippen LogP contribution < -0.4 is 5.32 Å². The van der Waals surface area contributed by atoms with Crippen molar-refractivity contribution in [3.63, 3.8) is 0 Å². The van der Waals surface area contributed by atoms with Crippen molar-refractivity contribution in [1.82, 2.24) is 9.55 Å². The van der Waals surface area contributed by atoms with E-state index in [-0.39, 0.29) is 0 Å². The summed E-state index contributed by atoms with van der Waals surface area (Å²) < 4.78 is 2.06. The van der Waals surface area contributed by atoms with Gasteiger partial charge in [0.1, 0.15) is 0 Å². The van der Waals surface area contributed by atoms with E-state index in [4.69, 9.17) is 0 Å². The molecule has 0 aliphatic heterocycles. The maximum atomic E-state index is 4.13. The van der Waals surface area contributed by atoms with E-state index in [2.05, 4.69) is 46.1 Å². The number of benzene rings is 1. The summed E-state index contributed by atoms with van der Waals surface area (Å²) in [7, 11) is 0. The van der Waals surface area contributed by atoms with Crippen molar-refractivity contribution in [3.05, 3.63) is 43.0 Å². The number of rotatable bonds is 4. The Morgan fingerprint density at radius 1 is 1.20 bits per heavy atom. The Labute approximate surface area is 121 Å². The topological polar surface area (TPSA) is 29.9 Å². The van der Waals surface area contributed by atoms with Crippen LogP contribution in [0.2, 0.25) is 0 Å². The predicted octanol–water partition coefficient (Wildman–Crippen LogP) is 4.11. The third-order valence-corrected chi connectivity index (χ3v) is 4.40. The fourth-order valence-electron chi connectivity index (χ4n) is 3.04. The highest BCUT2D eigenvalue weighted by Crippen LogP contribution is 2.29. The highest BCUT2D eigenvalue weighted by atomic mass is 15.1. The summed E-state index contributed by atoms with van der Waals surface area (Å²) in [6, 6.07) is 8.45. The van der Waals surface area contributed by atoms with Gasteiger partial charge in [-0.25, -0.2) is 4.98 Å². The van der Waals surface area contributed by atoms with E-state index >= 15 is 0 Å². The number of hydrogen-bond acceptors (Lipinski definition) is 2. The summed E-state index contributed by atoms with van der Waals surface area (Å²) in [5, 5.41) is 3.64. The smallest absolute Gasteiger partial charge is 0.0992 e. The van der Waals surface area contributed by atoms with Gasteiger partial charge in [0.25, 0.3) is 0 Å². The van der Waals surface area contributed by atoms with Crippen LogP contribution >= 0.6 is 0 Å². The van der Waals surface area contributed by atoms with Gasteiger partial charge in [-0.1, -0.05) is 31.9 Å². The molecule has 0 radical (unpaired) electrons. The van der Waals surface area contributed by atoms with Crippen LogP contribution in [0.4, 0.5) is 5.69 Å². The van der Waals surface area contributed by atoms with Crippen LogP contribution in [0.15, 0.2) is 43.0 Å². The third-order valence-electron chi connectivity index (χ3n) is 4.40. The first-order valence-corrected chi connectivity index (χ1v) is 7.64. The van der Waals surface area contributed by atoms with Crippen molar-refractivity contribution in [2.75, 3.05) is 11.9 Å². The molecule has 0 amide bonds. The first kappa shape index (κ1) is 13.2. The van der Waals surface area contributed by atoms with Gasteiger partial charge in [-0.3, -0.25) is 0 Å². The van der Waals surface area contributed by atoms with Crippen LogP contribution in [0.25, 0.3) is 5.69 Å². The standard InChI is InChI=1S/C17H23N3/c1-14-6-8-15(9-7-14)12-19-16-4-2-3-5-17(16)20-11-10-18-13-20/h2-5,10-11,13-15,19H,6-9,12H2,1H3. The maximum Gasteiger partial charge on any atom is 0.0992 e. The molecule has 1 fully saturated rings. The zero-order valence-corrected chi connectivity index (χ0v) is 12.1. The number of imidazole rings is 1. The molecule has 106 valence electrons. The van der Waals surface area contributed by atoms with E-state index in [9.17, 15) is 0 Å². The number of aromatic nitrogens is 2. The van der Waals surface area contributed by atoms with E-state index < -0.39 is 0 Å². The number of nitrogens with one attached hydrogen (secondary N) is 1. The molecule has 0 atom stereocenters. The summed E-state index contributed by atoms with van der Waals surface area (Å²) >= 11 is 0. The van der Waals surface area contributed by atoms with E-state index in [0.717, 1.165) is 18.4 Å². The van der Waals surface area contributed by atoms with E-state index in [1.165, 1.54) is 37.1 Å². The lowest BCUT2D eigenvalue weighted by Crippen LogP contribution is -2.20. The number of nitrogens with zero attached hydrogens (tertiary/aromatic N) is 2. The number of hydrogen-bond donors (Lipinski definition) is 1. The van der Waals surface area contributed by atoms with Crippen molar-refractivity contribution in [1.29, 1.82) is 0 Å². The second-order valence-electron chi connectivity index (χ2n) is 5.99. The largest absolute Gasteiger partial charge is 0.383 e. The van der Waals surface area contributed by atoms with Crippen molar-refractivity contribution in [2.45, 2.75) is 32.6 Å². The van der Waals surface area contributed by atoms with Gasteiger partial charge in [0.05, 0.1) is 17.7 Å². The van der Waals surface area contributed by atoms with E-state index in [0.29, 0.717) is 0 Å². The van der Waals surface area contributed by atoms with Crippen LogP contribution in [0.3, 0.4) is 0 Å². The van der Waals surface area contributed by atoms with Crippen LogP contribution in [0, 0.1) is 11.8 Å². The van der Waals surface area contributed by atoms with Gasteiger partial charge in [0, 0.05) is 18.9 Å². The Balaban J connectivity index is 1.66. The molecule has 2 aromatic rings. The fourth-order valence-corrected chi connectivity index (χ4v) is 3.04. The van der Waals surface area contributed by atoms with E-state index in [1.807, 2.05) is 18.7 Å². The monoisotopic (exact) mass is 269 g/mol. The Bertz CT molecular complexity index is 525. The normalized spacial score (nSPS) is 22.6. The Morgan fingerprint density at radius 2 is 2.00 bits per heavy atom. The van der Waals surface area contributed by atoms with Gasteiger partial charge >= 0.3 is 0 Å². The van der Waals surface area contributed by atoms with Crippen LogP contribution in [0.5, 0.6) is 0 Å². The lowest BCUT2D eigenvalue weighted by Gasteiger charge is -2.27. The predicted molar refractivity (Wildman–Crippen MR) is 83.2 cm³/mol. The molecule has 1 heterocycles. The molecule has 0 unspecified atom stereocenters. The summed E-state index contributed by atoms with van der Waals surface area (Å²) in [5.74, 6) is 1.74. The molecule has 1 aromatic heterocycles. The Morgan fingerprint density at radius 3 is 2.75 bits per heavy atom. The summed E-state index contributed by atoms with van der Waals surface area (Å²) in [5.41, 5.74) is 2.37. The number of para-hydroxylation sites is 2.